The van der Waals surface area contributed by atoms with Crippen LogP contribution < -0.4 is 0 Å². The second-order valence-corrected chi connectivity index (χ2v) is 6.70. The molecule has 4 nitrogen and oxygen atoms in total. The van der Waals surface area contributed by atoms with Crippen molar-refractivity contribution in [3.63, 3.8) is 0 Å². The van der Waals surface area contributed by atoms with E-state index in [1.807, 2.05) is 29.2 Å². The van der Waals surface area contributed by atoms with Crippen LogP contribution >= 0.6 is 15.9 Å². The number of likely N-dealkylation sites (tertiary alicyclic amines) is 1. The molecule has 1 aliphatic rings. The maximum absolute atomic E-state index is 12.7. The molecule has 2 aromatic rings. The van der Waals surface area contributed by atoms with Gasteiger partial charge in [-0.05, 0) is 37.0 Å². The molecule has 0 unspecified atom stereocenters. The quantitative estimate of drug-likeness (QED) is 0.873. The molecule has 1 fully saturated rings. The van der Waals surface area contributed by atoms with E-state index in [0.29, 0.717) is 18.2 Å². The van der Waals surface area contributed by atoms with E-state index in [4.69, 9.17) is 0 Å². The largest absolute Gasteiger partial charge is 0.394 e. The smallest absolute Gasteiger partial charge is 0.270 e. The molecule has 0 spiro atoms. The van der Waals surface area contributed by atoms with Gasteiger partial charge in [0.15, 0.2) is 0 Å². The molecule has 0 aliphatic carbocycles. The molecule has 3 rings (SSSR count). The first-order valence-corrected chi connectivity index (χ1v) is 8.09. The molecule has 0 saturated carbocycles. The third-order valence-electron chi connectivity index (χ3n) is 4.38. The number of aromatic nitrogens is 1. The molecule has 112 valence electrons. The van der Waals surface area contributed by atoms with Crippen molar-refractivity contribution in [2.24, 2.45) is 5.92 Å². The van der Waals surface area contributed by atoms with Crippen LogP contribution in [0.1, 0.15) is 30.3 Å². The van der Waals surface area contributed by atoms with Crippen molar-refractivity contribution in [2.75, 3.05) is 13.2 Å². The summed E-state index contributed by atoms with van der Waals surface area (Å²) in [6.07, 6.45) is 2.06. The van der Waals surface area contributed by atoms with E-state index in [1.165, 1.54) is 0 Å². The summed E-state index contributed by atoms with van der Waals surface area (Å²) in [6.45, 7) is 2.84. The van der Waals surface area contributed by atoms with E-state index in [1.54, 1.807) is 0 Å². The number of halogens is 1. The number of nitrogens with zero attached hydrogens (tertiary/aromatic N) is 1. The molecule has 1 amide bonds. The lowest BCUT2D eigenvalue weighted by Crippen LogP contribution is -2.49. The van der Waals surface area contributed by atoms with Gasteiger partial charge in [-0.25, -0.2) is 0 Å². The van der Waals surface area contributed by atoms with Gasteiger partial charge in [0.25, 0.3) is 5.91 Å². The van der Waals surface area contributed by atoms with Crippen molar-refractivity contribution in [3.05, 3.63) is 34.4 Å². The molecular formula is C16H19BrN2O2. The number of H-pyrrole nitrogens is 1. The number of hydrogen-bond donors (Lipinski definition) is 2. The lowest BCUT2D eigenvalue weighted by molar-refractivity contribution is 0.0354. The Balaban J connectivity index is 1.92. The standard InChI is InChI=1S/C16H19BrN2O2/c1-10-3-2-6-19(15(10)9-20)16(21)14-7-11-4-5-12(17)8-13(11)18-14/h4-5,7-8,10,15,18,20H,2-3,6,9H2,1H3/t10-,15-/m1/s1. The highest BCUT2D eigenvalue weighted by Gasteiger charge is 2.32. The van der Waals surface area contributed by atoms with Gasteiger partial charge in [-0.3, -0.25) is 4.79 Å². The van der Waals surface area contributed by atoms with Gasteiger partial charge in [0.05, 0.1) is 12.6 Å². The molecule has 2 atom stereocenters. The highest BCUT2D eigenvalue weighted by molar-refractivity contribution is 9.10. The summed E-state index contributed by atoms with van der Waals surface area (Å²) in [7, 11) is 0. The number of aliphatic hydroxyl groups is 1. The van der Waals surface area contributed by atoms with Gasteiger partial charge >= 0.3 is 0 Å². The molecule has 2 heterocycles. The van der Waals surface area contributed by atoms with E-state index in [2.05, 4.69) is 27.8 Å². The van der Waals surface area contributed by atoms with E-state index in [0.717, 1.165) is 28.2 Å². The van der Waals surface area contributed by atoms with E-state index < -0.39 is 0 Å². The lowest BCUT2D eigenvalue weighted by atomic mass is 9.91. The predicted octanol–water partition coefficient (Wildman–Crippen LogP) is 3.16. The predicted molar refractivity (Wildman–Crippen MR) is 86.3 cm³/mol. The maximum atomic E-state index is 12.7. The van der Waals surface area contributed by atoms with Crippen molar-refractivity contribution in [1.29, 1.82) is 0 Å². The first-order chi connectivity index (χ1) is 10.1. The van der Waals surface area contributed by atoms with Crippen molar-refractivity contribution in [3.8, 4) is 0 Å². The zero-order valence-electron chi connectivity index (χ0n) is 12.0. The minimum atomic E-state index is -0.0793. The second-order valence-electron chi connectivity index (χ2n) is 5.78. The van der Waals surface area contributed by atoms with Crippen LogP contribution in [0.5, 0.6) is 0 Å². The Morgan fingerprint density at radius 3 is 3.05 bits per heavy atom. The van der Waals surface area contributed by atoms with Crippen molar-refractivity contribution in [1.82, 2.24) is 9.88 Å². The summed E-state index contributed by atoms with van der Waals surface area (Å²) < 4.78 is 0.982. The van der Waals surface area contributed by atoms with Gasteiger partial charge in [0.2, 0.25) is 0 Å². The zero-order valence-corrected chi connectivity index (χ0v) is 13.6. The third-order valence-corrected chi connectivity index (χ3v) is 4.87. The molecule has 0 radical (unpaired) electrons. The third kappa shape index (κ3) is 2.72. The van der Waals surface area contributed by atoms with Gasteiger partial charge in [0, 0.05) is 21.9 Å². The monoisotopic (exact) mass is 350 g/mol. The van der Waals surface area contributed by atoms with Crippen LogP contribution in [0.3, 0.4) is 0 Å². The molecule has 1 aromatic carbocycles. The van der Waals surface area contributed by atoms with Gasteiger partial charge in [-0.1, -0.05) is 28.9 Å². The van der Waals surface area contributed by atoms with Crippen LogP contribution in [-0.4, -0.2) is 40.1 Å². The molecule has 21 heavy (non-hydrogen) atoms. The summed E-state index contributed by atoms with van der Waals surface area (Å²) in [6, 6.07) is 7.72. The molecular weight excluding hydrogens is 332 g/mol. The Labute approximate surface area is 132 Å². The Bertz CT molecular complexity index is 667. The van der Waals surface area contributed by atoms with Crippen LogP contribution in [0.4, 0.5) is 0 Å². The Morgan fingerprint density at radius 1 is 1.48 bits per heavy atom. The van der Waals surface area contributed by atoms with Crippen LogP contribution in [0.25, 0.3) is 10.9 Å². The van der Waals surface area contributed by atoms with Gasteiger partial charge in [-0.15, -0.1) is 0 Å². The zero-order chi connectivity index (χ0) is 15.0. The highest BCUT2D eigenvalue weighted by atomic mass is 79.9. The number of fused-ring (bicyclic) bond motifs is 1. The normalized spacial score (nSPS) is 22.7. The summed E-state index contributed by atoms with van der Waals surface area (Å²) in [4.78, 5) is 17.7. The van der Waals surface area contributed by atoms with Gasteiger partial charge in [-0.2, -0.15) is 0 Å². The van der Waals surface area contributed by atoms with Crippen molar-refractivity contribution >= 4 is 32.7 Å². The molecule has 5 heteroatoms. The number of piperidine rings is 1. The average Bonchev–Trinajstić information content (AvgIpc) is 2.89. The molecule has 0 bridgehead atoms. The number of aromatic amines is 1. The fraction of sp³-hybridized carbons (Fsp3) is 0.438. The van der Waals surface area contributed by atoms with E-state index in [9.17, 15) is 9.90 Å². The van der Waals surface area contributed by atoms with E-state index in [-0.39, 0.29) is 18.6 Å². The van der Waals surface area contributed by atoms with Gasteiger partial charge in [0.1, 0.15) is 5.69 Å². The maximum Gasteiger partial charge on any atom is 0.270 e. The lowest BCUT2D eigenvalue weighted by Gasteiger charge is -2.38. The number of carbonyl (C=O) groups excluding carboxylic acids is 1. The Morgan fingerprint density at radius 2 is 2.29 bits per heavy atom. The van der Waals surface area contributed by atoms with Crippen LogP contribution in [-0.2, 0) is 0 Å². The molecule has 1 aliphatic heterocycles. The van der Waals surface area contributed by atoms with Crippen LogP contribution in [0.15, 0.2) is 28.7 Å². The topological polar surface area (TPSA) is 56.3 Å². The Hall–Kier alpha value is -1.33. The van der Waals surface area contributed by atoms with Crippen LogP contribution in [0, 0.1) is 5.92 Å². The second kappa shape index (κ2) is 5.81. The van der Waals surface area contributed by atoms with Crippen LogP contribution in [0.2, 0.25) is 0 Å². The first kappa shape index (κ1) is 14.6. The molecule has 1 aromatic heterocycles. The summed E-state index contributed by atoms with van der Waals surface area (Å²) in [5.74, 6) is 0.319. The Kier molecular flexibility index (Phi) is 4.04. The molecule has 1 saturated heterocycles. The minimum absolute atomic E-state index is 0.0204. The number of aliphatic hydroxyl groups excluding tert-OH is 1. The summed E-state index contributed by atoms with van der Waals surface area (Å²) in [5, 5.41) is 10.6. The van der Waals surface area contributed by atoms with Gasteiger partial charge < -0.3 is 15.0 Å². The number of nitrogens with one attached hydrogen (secondary N) is 1. The first-order valence-electron chi connectivity index (χ1n) is 7.30. The number of rotatable bonds is 2. The van der Waals surface area contributed by atoms with Crippen molar-refractivity contribution in [2.45, 2.75) is 25.8 Å². The summed E-state index contributed by atoms with van der Waals surface area (Å²) in [5.41, 5.74) is 1.54. The fourth-order valence-corrected chi connectivity index (χ4v) is 3.51. The number of hydrogen-bond acceptors (Lipinski definition) is 2. The SMILES string of the molecule is C[C@@H]1CCCN(C(=O)c2cc3ccc(Br)cc3[nH]2)[C@@H]1CO. The number of carbonyl (C=O) groups is 1. The van der Waals surface area contributed by atoms with Crippen molar-refractivity contribution < 1.29 is 9.90 Å². The average molecular weight is 351 g/mol. The minimum Gasteiger partial charge on any atom is -0.394 e. The molecule has 2 N–H and O–H groups in total. The number of benzene rings is 1. The number of amides is 1. The van der Waals surface area contributed by atoms with E-state index >= 15 is 0 Å². The summed E-state index contributed by atoms with van der Waals surface area (Å²) >= 11 is 3.44. The highest BCUT2D eigenvalue weighted by Crippen LogP contribution is 2.26. The fourth-order valence-electron chi connectivity index (χ4n) is 3.15.